The van der Waals surface area contributed by atoms with Gasteiger partial charge in [-0.3, -0.25) is 14.5 Å². The Morgan fingerprint density at radius 3 is 2.28 bits per heavy atom. The molecule has 0 unspecified atom stereocenters. The van der Waals surface area contributed by atoms with Gasteiger partial charge in [-0.15, -0.1) is 0 Å². The quantitative estimate of drug-likeness (QED) is 0.801. The predicted octanol–water partition coefficient (Wildman–Crippen LogP) is 2.40. The van der Waals surface area contributed by atoms with Crippen molar-refractivity contribution in [2.24, 2.45) is 11.8 Å². The molecule has 1 atom stereocenters. The molecule has 1 aliphatic carbocycles. The van der Waals surface area contributed by atoms with E-state index in [-0.39, 0.29) is 17.7 Å². The lowest BCUT2D eigenvalue weighted by Crippen LogP contribution is -2.52. The first kappa shape index (κ1) is 18.7. The van der Waals surface area contributed by atoms with Crippen molar-refractivity contribution in [3.8, 4) is 0 Å². The van der Waals surface area contributed by atoms with Gasteiger partial charge in [0, 0.05) is 37.6 Å². The molecule has 2 amide bonds. The SMILES string of the molecule is CCC(CC)C(=O)N1CCC(N2CCC[C@@H](C(=O)NC3CC3)C2)CC1. The lowest BCUT2D eigenvalue weighted by Gasteiger charge is -2.42. The summed E-state index contributed by atoms with van der Waals surface area (Å²) in [7, 11) is 0. The van der Waals surface area contributed by atoms with Gasteiger partial charge in [-0.25, -0.2) is 0 Å². The first-order valence-electron chi connectivity index (χ1n) is 10.5. The summed E-state index contributed by atoms with van der Waals surface area (Å²) < 4.78 is 0. The molecule has 5 heteroatoms. The molecule has 5 nitrogen and oxygen atoms in total. The molecule has 2 aliphatic heterocycles. The number of amides is 2. The van der Waals surface area contributed by atoms with Crippen molar-refractivity contribution in [1.82, 2.24) is 15.1 Å². The molecule has 142 valence electrons. The molecule has 0 aromatic heterocycles. The number of hydrogen-bond donors (Lipinski definition) is 1. The highest BCUT2D eigenvalue weighted by Crippen LogP contribution is 2.26. The third kappa shape index (κ3) is 4.75. The van der Waals surface area contributed by atoms with E-state index in [0.717, 1.165) is 77.5 Å². The molecule has 2 saturated heterocycles. The highest BCUT2D eigenvalue weighted by molar-refractivity contribution is 5.79. The van der Waals surface area contributed by atoms with Crippen LogP contribution in [0.4, 0.5) is 0 Å². The molecule has 0 spiro atoms. The van der Waals surface area contributed by atoms with Crippen LogP contribution in [-0.4, -0.2) is 59.9 Å². The Labute approximate surface area is 152 Å². The minimum absolute atomic E-state index is 0.165. The minimum Gasteiger partial charge on any atom is -0.353 e. The zero-order valence-corrected chi connectivity index (χ0v) is 16.0. The maximum absolute atomic E-state index is 12.6. The molecule has 2 heterocycles. The van der Waals surface area contributed by atoms with Crippen LogP contribution in [0.25, 0.3) is 0 Å². The minimum atomic E-state index is 0.165. The molecule has 3 rings (SSSR count). The number of carbonyl (C=O) groups excluding carboxylic acids is 2. The molecule has 1 saturated carbocycles. The molecule has 25 heavy (non-hydrogen) atoms. The summed E-state index contributed by atoms with van der Waals surface area (Å²) in [6, 6.07) is 1.00. The second kappa shape index (κ2) is 8.52. The van der Waals surface area contributed by atoms with Gasteiger partial charge in [0.2, 0.25) is 11.8 Å². The number of piperidine rings is 2. The molecule has 0 aromatic carbocycles. The van der Waals surface area contributed by atoms with Crippen LogP contribution in [0.1, 0.15) is 65.2 Å². The zero-order chi connectivity index (χ0) is 17.8. The smallest absolute Gasteiger partial charge is 0.225 e. The van der Waals surface area contributed by atoms with Crippen LogP contribution in [0.3, 0.4) is 0 Å². The van der Waals surface area contributed by atoms with Gasteiger partial charge in [0.25, 0.3) is 0 Å². The van der Waals surface area contributed by atoms with Crippen LogP contribution in [0, 0.1) is 11.8 Å². The van der Waals surface area contributed by atoms with Gasteiger partial charge < -0.3 is 10.2 Å². The number of carbonyl (C=O) groups is 2. The van der Waals surface area contributed by atoms with Crippen LogP contribution in [0.15, 0.2) is 0 Å². The van der Waals surface area contributed by atoms with E-state index >= 15 is 0 Å². The van der Waals surface area contributed by atoms with Crippen molar-refractivity contribution < 1.29 is 9.59 Å². The van der Waals surface area contributed by atoms with Crippen LogP contribution in [-0.2, 0) is 9.59 Å². The first-order valence-corrected chi connectivity index (χ1v) is 10.5. The van der Waals surface area contributed by atoms with E-state index < -0.39 is 0 Å². The third-order valence-corrected chi connectivity index (χ3v) is 6.37. The summed E-state index contributed by atoms with van der Waals surface area (Å²) >= 11 is 0. The molecule has 3 fully saturated rings. The van der Waals surface area contributed by atoms with Gasteiger partial charge in [-0.2, -0.15) is 0 Å². The van der Waals surface area contributed by atoms with Crippen molar-refractivity contribution in [2.75, 3.05) is 26.2 Å². The number of hydrogen-bond acceptors (Lipinski definition) is 3. The van der Waals surface area contributed by atoms with E-state index in [9.17, 15) is 9.59 Å². The largest absolute Gasteiger partial charge is 0.353 e. The van der Waals surface area contributed by atoms with Gasteiger partial charge in [0.15, 0.2) is 0 Å². The van der Waals surface area contributed by atoms with Crippen molar-refractivity contribution in [3.63, 3.8) is 0 Å². The van der Waals surface area contributed by atoms with Gasteiger partial charge >= 0.3 is 0 Å². The van der Waals surface area contributed by atoms with E-state index in [2.05, 4.69) is 29.0 Å². The molecule has 1 N–H and O–H groups in total. The highest BCUT2D eigenvalue weighted by atomic mass is 16.2. The fourth-order valence-corrected chi connectivity index (χ4v) is 4.45. The van der Waals surface area contributed by atoms with Gasteiger partial charge in [-0.05, 0) is 57.9 Å². The standard InChI is InChI=1S/C20H35N3O2/c1-3-15(4-2)20(25)22-12-9-18(10-13-22)23-11-5-6-16(14-23)19(24)21-17-7-8-17/h15-18H,3-14H2,1-2H3,(H,21,24)/t16-/m1/s1. The average Bonchev–Trinajstić information content (AvgIpc) is 3.47. The van der Waals surface area contributed by atoms with Crippen LogP contribution in [0.5, 0.6) is 0 Å². The van der Waals surface area contributed by atoms with Crippen LogP contribution >= 0.6 is 0 Å². The topological polar surface area (TPSA) is 52.7 Å². The number of rotatable bonds is 6. The van der Waals surface area contributed by atoms with E-state index in [1.165, 1.54) is 0 Å². The summed E-state index contributed by atoms with van der Waals surface area (Å²) in [5.74, 6) is 0.984. The van der Waals surface area contributed by atoms with E-state index in [1.807, 2.05) is 0 Å². The van der Waals surface area contributed by atoms with E-state index in [0.29, 0.717) is 18.0 Å². The first-order chi connectivity index (χ1) is 12.1. The van der Waals surface area contributed by atoms with Gasteiger partial charge in [0.1, 0.15) is 0 Å². The molecular formula is C20H35N3O2. The maximum atomic E-state index is 12.6. The Morgan fingerprint density at radius 1 is 1.00 bits per heavy atom. The molecule has 3 aliphatic rings. The summed E-state index contributed by atoms with van der Waals surface area (Å²) in [4.78, 5) is 29.5. The van der Waals surface area contributed by atoms with Crippen LogP contribution in [0.2, 0.25) is 0 Å². The lowest BCUT2D eigenvalue weighted by molar-refractivity contribution is -0.137. The van der Waals surface area contributed by atoms with Gasteiger partial charge in [-0.1, -0.05) is 13.8 Å². The van der Waals surface area contributed by atoms with Crippen molar-refractivity contribution in [3.05, 3.63) is 0 Å². The number of likely N-dealkylation sites (tertiary alicyclic amines) is 2. The Hall–Kier alpha value is -1.10. The lowest BCUT2D eigenvalue weighted by atomic mass is 9.92. The predicted molar refractivity (Wildman–Crippen MR) is 99.1 cm³/mol. The Kier molecular flexibility index (Phi) is 6.37. The highest BCUT2D eigenvalue weighted by Gasteiger charge is 2.34. The van der Waals surface area contributed by atoms with E-state index in [1.54, 1.807) is 0 Å². The summed E-state index contributed by atoms with van der Waals surface area (Å²) in [5.41, 5.74) is 0. The summed E-state index contributed by atoms with van der Waals surface area (Å²) in [6.07, 6.45) is 8.47. The van der Waals surface area contributed by atoms with Crippen LogP contribution < -0.4 is 5.32 Å². The molecule has 0 radical (unpaired) electrons. The second-order valence-electron chi connectivity index (χ2n) is 8.19. The summed E-state index contributed by atoms with van der Waals surface area (Å²) in [5, 5.41) is 3.18. The molecule has 0 aromatic rings. The molecule has 0 bridgehead atoms. The van der Waals surface area contributed by atoms with Gasteiger partial charge in [0.05, 0.1) is 5.92 Å². The number of nitrogens with one attached hydrogen (secondary N) is 1. The number of nitrogens with zero attached hydrogens (tertiary/aromatic N) is 2. The third-order valence-electron chi connectivity index (χ3n) is 6.37. The fourth-order valence-electron chi connectivity index (χ4n) is 4.45. The van der Waals surface area contributed by atoms with Crippen molar-refractivity contribution >= 4 is 11.8 Å². The van der Waals surface area contributed by atoms with Crippen molar-refractivity contribution in [2.45, 2.75) is 77.3 Å². The van der Waals surface area contributed by atoms with E-state index in [4.69, 9.17) is 0 Å². The maximum Gasteiger partial charge on any atom is 0.225 e. The Morgan fingerprint density at radius 2 is 1.68 bits per heavy atom. The average molecular weight is 350 g/mol. The molecular weight excluding hydrogens is 314 g/mol. The Bertz CT molecular complexity index is 466. The van der Waals surface area contributed by atoms with Crippen molar-refractivity contribution in [1.29, 1.82) is 0 Å². The second-order valence-corrected chi connectivity index (χ2v) is 8.19. The fraction of sp³-hybridized carbons (Fsp3) is 0.900. The monoisotopic (exact) mass is 349 g/mol. The normalized spacial score (nSPS) is 26.0. The Balaban J connectivity index is 1.47. The zero-order valence-electron chi connectivity index (χ0n) is 16.0. The summed E-state index contributed by atoms with van der Waals surface area (Å²) in [6.45, 7) is 8.01.